The monoisotopic (exact) mass is 232 g/mol. The van der Waals surface area contributed by atoms with Gasteiger partial charge in [-0.2, -0.15) is 0 Å². The predicted molar refractivity (Wildman–Crippen MR) is 65.4 cm³/mol. The molecule has 0 unspecified atom stereocenters. The SMILES string of the molecule is CC1=C2C[C@H]3C(=O)C[C@@H](C)[C@]2(CC1=O)C3(C)C. The highest BCUT2D eigenvalue weighted by Gasteiger charge is 2.67. The fraction of sp³-hybridized carbons (Fsp3) is 0.733. The van der Waals surface area contributed by atoms with E-state index in [-0.39, 0.29) is 16.7 Å². The number of carbonyl (C=O) groups excluding carboxylic acids is 2. The van der Waals surface area contributed by atoms with Gasteiger partial charge < -0.3 is 0 Å². The van der Waals surface area contributed by atoms with Crippen LogP contribution in [0.4, 0.5) is 0 Å². The zero-order valence-corrected chi connectivity index (χ0v) is 11.1. The zero-order chi connectivity index (χ0) is 12.6. The first kappa shape index (κ1) is 11.2. The molecule has 2 saturated carbocycles. The first-order chi connectivity index (χ1) is 7.82. The van der Waals surface area contributed by atoms with Crippen LogP contribution in [0.3, 0.4) is 0 Å². The number of rotatable bonds is 0. The minimum absolute atomic E-state index is 0.00720. The minimum atomic E-state index is -0.0372. The number of hydrogen-bond acceptors (Lipinski definition) is 2. The van der Waals surface area contributed by atoms with Gasteiger partial charge in [-0.3, -0.25) is 9.59 Å². The molecule has 2 bridgehead atoms. The van der Waals surface area contributed by atoms with Gasteiger partial charge in [0.25, 0.3) is 0 Å². The van der Waals surface area contributed by atoms with Gasteiger partial charge in [0.2, 0.25) is 0 Å². The summed E-state index contributed by atoms with van der Waals surface area (Å²) in [5.74, 6) is 1.19. The summed E-state index contributed by atoms with van der Waals surface area (Å²) in [4.78, 5) is 24.2. The number of fused-ring (bicyclic) bond motifs is 1. The van der Waals surface area contributed by atoms with E-state index in [4.69, 9.17) is 0 Å². The number of ketones is 2. The van der Waals surface area contributed by atoms with Gasteiger partial charge in [-0.25, -0.2) is 0 Å². The number of allylic oxidation sites excluding steroid dienone is 2. The average molecular weight is 232 g/mol. The number of hydrogen-bond donors (Lipinski definition) is 0. The fourth-order valence-corrected chi connectivity index (χ4v) is 4.96. The third kappa shape index (κ3) is 0.989. The highest BCUT2D eigenvalue weighted by Crippen LogP contribution is 2.71. The summed E-state index contributed by atoms with van der Waals surface area (Å²) in [5.41, 5.74) is 2.23. The Labute approximate surface area is 102 Å². The van der Waals surface area contributed by atoms with Crippen molar-refractivity contribution >= 4 is 11.6 Å². The first-order valence-electron chi connectivity index (χ1n) is 6.58. The van der Waals surface area contributed by atoms with Gasteiger partial charge in [-0.05, 0) is 30.3 Å². The Bertz CT molecular complexity index is 469. The lowest BCUT2D eigenvalue weighted by Crippen LogP contribution is -2.48. The van der Waals surface area contributed by atoms with E-state index in [0.29, 0.717) is 30.3 Å². The minimum Gasteiger partial charge on any atom is -0.299 e. The molecule has 2 heteroatoms. The standard InChI is InChI=1S/C15H20O2/c1-8-5-12(16)11-6-10-9(2)13(17)7-15(8,10)14(11,3)4/h8,11H,5-7H2,1-4H3/t8-,11+,15+/m1/s1. The molecule has 0 heterocycles. The molecule has 3 aliphatic carbocycles. The average Bonchev–Trinajstić information content (AvgIpc) is 2.55. The lowest BCUT2D eigenvalue weighted by molar-refractivity contribution is -0.138. The second-order valence-electron chi connectivity index (χ2n) is 6.72. The molecule has 2 fully saturated rings. The smallest absolute Gasteiger partial charge is 0.159 e. The Balaban J connectivity index is 2.27. The van der Waals surface area contributed by atoms with Gasteiger partial charge in [-0.1, -0.05) is 26.3 Å². The van der Waals surface area contributed by atoms with Crippen molar-refractivity contribution in [1.82, 2.24) is 0 Å². The van der Waals surface area contributed by atoms with E-state index >= 15 is 0 Å². The first-order valence-corrected chi connectivity index (χ1v) is 6.58. The highest BCUT2D eigenvalue weighted by molar-refractivity contribution is 6.01. The van der Waals surface area contributed by atoms with Crippen LogP contribution in [-0.2, 0) is 9.59 Å². The second kappa shape index (κ2) is 2.90. The van der Waals surface area contributed by atoms with E-state index in [2.05, 4.69) is 20.8 Å². The molecule has 0 saturated heterocycles. The maximum Gasteiger partial charge on any atom is 0.159 e. The summed E-state index contributed by atoms with van der Waals surface area (Å²) >= 11 is 0. The summed E-state index contributed by atoms with van der Waals surface area (Å²) in [6.45, 7) is 8.52. The Hall–Kier alpha value is -0.920. The summed E-state index contributed by atoms with van der Waals surface area (Å²) in [7, 11) is 0. The summed E-state index contributed by atoms with van der Waals surface area (Å²) < 4.78 is 0. The van der Waals surface area contributed by atoms with Gasteiger partial charge in [0.05, 0.1) is 0 Å². The van der Waals surface area contributed by atoms with Crippen LogP contribution in [0.2, 0.25) is 0 Å². The van der Waals surface area contributed by atoms with E-state index in [9.17, 15) is 9.59 Å². The van der Waals surface area contributed by atoms with E-state index in [0.717, 1.165) is 12.0 Å². The molecular weight excluding hydrogens is 212 g/mol. The maximum absolute atomic E-state index is 12.2. The topological polar surface area (TPSA) is 34.1 Å². The molecule has 17 heavy (non-hydrogen) atoms. The Kier molecular flexibility index (Phi) is 1.91. The van der Waals surface area contributed by atoms with Crippen LogP contribution in [0.15, 0.2) is 11.1 Å². The third-order valence-corrected chi connectivity index (χ3v) is 6.02. The predicted octanol–water partition coefficient (Wildman–Crippen LogP) is 2.92. The third-order valence-electron chi connectivity index (χ3n) is 6.02. The molecule has 0 aliphatic heterocycles. The van der Waals surface area contributed by atoms with Gasteiger partial charge in [-0.15, -0.1) is 0 Å². The van der Waals surface area contributed by atoms with Crippen molar-refractivity contribution in [3.8, 4) is 0 Å². The molecule has 0 amide bonds. The Morgan fingerprint density at radius 1 is 1.18 bits per heavy atom. The quantitative estimate of drug-likeness (QED) is 0.643. The zero-order valence-electron chi connectivity index (χ0n) is 11.1. The largest absolute Gasteiger partial charge is 0.299 e. The van der Waals surface area contributed by atoms with Crippen molar-refractivity contribution in [3.63, 3.8) is 0 Å². The lowest BCUT2D eigenvalue weighted by Gasteiger charge is -2.50. The van der Waals surface area contributed by atoms with Crippen molar-refractivity contribution in [3.05, 3.63) is 11.1 Å². The van der Waals surface area contributed by atoms with E-state index in [1.165, 1.54) is 5.57 Å². The number of carbonyl (C=O) groups is 2. The van der Waals surface area contributed by atoms with Crippen LogP contribution in [0.5, 0.6) is 0 Å². The molecule has 92 valence electrons. The highest BCUT2D eigenvalue weighted by atomic mass is 16.1. The molecule has 0 N–H and O–H groups in total. The molecule has 3 aliphatic rings. The van der Waals surface area contributed by atoms with Crippen LogP contribution in [-0.4, -0.2) is 11.6 Å². The normalized spacial score (nSPS) is 43.3. The van der Waals surface area contributed by atoms with Crippen LogP contribution < -0.4 is 0 Å². The molecule has 3 rings (SSSR count). The molecule has 0 radical (unpaired) electrons. The van der Waals surface area contributed by atoms with Gasteiger partial charge >= 0.3 is 0 Å². The van der Waals surface area contributed by atoms with Gasteiger partial charge in [0.15, 0.2) is 5.78 Å². The van der Waals surface area contributed by atoms with Crippen molar-refractivity contribution in [2.24, 2.45) is 22.7 Å². The van der Waals surface area contributed by atoms with Crippen LogP contribution >= 0.6 is 0 Å². The van der Waals surface area contributed by atoms with Gasteiger partial charge in [0.1, 0.15) is 5.78 Å². The van der Waals surface area contributed by atoms with Crippen molar-refractivity contribution in [2.45, 2.75) is 47.0 Å². The number of Topliss-reactive ketones (excluding diaryl/α,β-unsaturated/α-hetero) is 2. The van der Waals surface area contributed by atoms with E-state index in [1.807, 2.05) is 6.92 Å². The summed E-state index contributed by atoms with van der Waals surface area (Å²) in [6, 6.07) is 0. The summed E-state index contributed by atoms with van der Waals surface area (Å²) in [6.07, 6.45) is 2.15. The van der Waals surface area contributed by atoms with Gasteiger partial charge in [0, 0.05) is 24.2 Å². The Morgan fingerprint density at radius 3 is 2.47 bits per heavy atom. The van der Waals surface area contributed by atoms with Crippen LogP contribution in [0, 0.1) is 22.7 Å². The molecule has 2 nitrogen and oxygen atoms in total. The fourth-order valence-electron chi connectivity index (χ4n) is 4.96. The van der Waals surface area contributed by atoms with Crippen LogP contribution in [0.1, 0.15) is 47.0 Å². The second-order valence-corrected chi connectivity index (χ2v) is 6.72. The molecular formula is C15H20O2. The van der Waals surface area contributed by atoms with E-state index < -0.39 is 0 Å². The summed E-state index contributed by atoms with van der Waals surface area (Å²) in [5, 5.41) is 0. The van der Waals surface area contributed by atoms with E-state index in [1.54, 1.807) is 0 Å². The maximum atomic E-state index is 12.2. The molecule has 3 atom stereocenters. The lowest BCUT2D eigenvalue weighted by atomic mass is 9.52. The molecule has 1 spiro atoms. The van der Waals surface area contributed by atoms with Crippen molar-refractivity contribution in [2.75, 3.05) is 0 Å². The van der Waals surface area contributed by atoms with Crippen molar-refractivity contribution in [1.29, 1.82) is 0 Å². The molecule has 0 aromatic carbocycles. The van der Waals surface area contributed by atoms with Crippen molar-refractivity contribution < 1.29 is 9.59 Å². The van der Waals surface area contributed by atoms with Crippen LogP contribution in [0.25, 0.3) is 0 Å². The molecule has 0 aromatic heterocycles. The molecule has 0 aromatic rings. The Morgan fingerprint density at radius 2 is 1.82 bits per heavy atom.